The molecule has 5 heteroatoms. The molecule has 0 unspecified atom stereocenters. The lowest BCUT2D eigenvalue weighted by Crippen LogP contribution is -2.33. The van der Waals surface area contributed by atoms with Gasteiger partial charge in [0.1, 0.15) is 23.9 Å². The van der Waals surface area contributed by atoms with Crippen LogP contribution in [0.15, 0.2) is 78.9 Å². The van der Waals surface area contributed by atoms with Crippen LogP contribution < -0.4 is 14.2 Å². The second-order valence-electron chi connectivity index (χ2n) is 9.38. The van der Waals surface area contributed by atoms with Gasteiger partial charge >= 0.3 is 0 Å². The van der Waals surface area contributed by atoms with Crippen molar-refractivity contribution in [3.63, 3.8) is 0 Å². The third-order valence-electron chi connectivity index (χ3n) is 7.09. The summed E-state index contributed by atoms with van der Waals surface area (Å²) in [4.78, 5) is 16.5. The van der Waals surface area contributed by atoms with Crippen LogP contribution in [-0.2, 0) is 0 Å². The Morgan fingerprint density at radius 3 is 2.30 bits per heavy atom. The van der Waals surface area contributed by atoms with Gasteiger partial charge in [-0.15, -0.1) is 0 Å². The average molecular weight is 496 g/mol. The van der Waals surface area contributed by atoms with Crippen molar-refractivity contribution < 1.29 is 19.0 Å². The zero-order chi connectivity index (χ0) is 25.6. The Morgan fingerprint density at radius 2 is 1.54 bits per heavy atom. The van der Waals surface area contributed by atoms with Gasteiger partial charge in [-0.1, -0.05) is 36.8 Å². The minimum absolute atomic E-state index is 0.0449. The fraction of sp³-hybridized carbons (Fsp3) is 0.281. The lowest BCUT2D eigenvalue weighted by molar-refractivity contribution is 0.104. The number of methoxy groups -OCH3 is 2. The van der Waals surface area contributed by atoms with E-state index in [0.717, 1.165) is 58.8 Å². The summed E-state index contributed by atoms with van der Waals surface area (Å²) < 4.78 is 17.0. The van der Waals surface area contributed by atoms with Gasteiger partial charge in [0.25, 0.3) is 0 Å². The highest BCUT2D eigenvalue weighted by molar-refractivity contribution is 6.20. The number of carbonyl (C=O) groups excluding carboxylic acids is 1. The van der Waals surface area contributed by atoms with E-state index in [1.54, 1.807) is 14.2 Å². The highest BCUT2D eigenvalue weighted by Crippen LogP contribution is 2.38. The molecule has 0 saturated carbocycles. The maximum Gasteiger partial charge on any atom is 0.194 e. The number of rotatable bonds is 9. The molecule has 4 aromatic carbocycles. The third kappa shape index (κ3) is 5.47. The van der Waals surface area contributed by atoms with E-state index in [0.29, 0.717) is 17.7 Å². The molecule has 0 spiro atoms. The van der Waals surface area contributed by atoms with Gasteiger partial charge in [-0.3, -0.25) is 9.69 Å². The Labute approximate surface area is 218 Å². The van der Waals surface area contributed by atoms with Gasteiger partial charge in [0, 0.05) is 23.2 Å². The number of ketones is 1. The molecule has 4 aromatic rings. The van der Waals surface area contributed by atoms with E-state index in [1.807, 2.05) is 78.9 Å². The van der Waals surface area contributed by atoms with Gasteiger partial charge < -0.3 is 14.2 Å². The first kappa shape index (κ1) is 24.8. The molecule has 190 valence electrons. The van der Waals surface area contributed by atoms with Crippen molar-refractivity contribution in [2.75, 3.05) is 40.5 Å². The van der Waals surface area contributed by atoms with E-state index in [2.05, 4.69) is 4.90 Å². The van der Waals surface area contributed by atoms with Gasteiger partial charge in [-0.05, 0) is 90.8 Å². The predicted octanol–water partition coefficient (Wildman–Crippen LogP) is 6.62. The smallest absolute Gasteiger partial charge is 0.194 e. The molecule has 0 radical (unpaired) electrons. The normalized spacial score (nSPS) is 13.9. The molecular formula is C32H33NO4. The number of hydrogen-bond acceptors (Lipinski definition) is 5. The van der Waals surface area contributed by atoms with E-state index >= 15 is 0 Å². The summed E-state index contributed by atoms with van der Waals surface area (Å²) in [5.74, 6) is 2.21. The SMILES string of the molecule is COc1ccc2c(C(=O)c3ccc(OCCN4CCCCC4)cc3)c(-c3ccccc3OC)ccc2c1. The van der Waals surface area contributed by atoms with Crippen LogP contribution in [-0.4, -0.2) is 51.1 Å². The second-order valence-corrected chi connectivity index (χ2v) is 9.38. The zero-order valence-corrected chi connectivity index (χ0v) is 21.5. The molecule has 0 bridgehead atoms. The van der Waals surface area contributed by atoms with E-state index in [9.17, 15) is 4.79 Å². The number of benzene rings is 4. The first-order chi connectivity index (χ1) is 18.2. The summed E-state index contributed by atoms with van der Waals surface area (Å²) in [5.41, 5.74) is 2.97. The maximum atomic E-state index is 14.0. The van der Waals surface area contributed by atoms with Gasteiger partial charge in [0.15, 0.2) is 5.78 Å². The van der Waals surface area contributed by atoms with Crippen molar-refractivity contribution in [3.05, 3.63) is 90.0 Å². The van der Waals surface area contributed by atoms with Crippen molar-refractivity contribution in [3.8, 4) is 28.4 Å². The third-order valence-corrected chi connectivity index (χ3v) is 7.09. The molecule has 1 aliphatic rings. The number of carbonyl (C=O) groups is 1. The summed E-state index contributed by atoms with van der Waals surface area (Å²) in [6.07, 6.45) is 3.87. The van der Waals surface area contributed by atoms with Crippen LogP contribution in [0, 0.1) is 0 Å². The molecule has 0 atom stereocenters. The Bertz CT molecular complexity index is 1370. The minimum Gasteiger partial charge on any atom is -0.497 e. The van der Waals surface area contributed by atoms with Crippen molar-refractivity contribution in [1.82, 2.24) is 4.90 Å². The highest BCUT2D eigenvalue weighted by Gasteiger charge is 2.21. The Kier molecular flexibility index (Phi) is 7.71. The molecular weight excluding hydrogens is 462 g/mol. The fourth-order valence-corrected chi connectivity index (χ4v) is 5.09. The van der Waals surface area contributed by atoms with Crippen molar-refractivity contribution in [1.29, 1.82) is 0 Å². The Hall–Kier alpha value is -3.83. The van der Waals surface area contributed by atoms with Crippen LogP contribution in [0.4, 0.5) is 0 Å². The summed E-state index contributed by atoms with van der Waals surface area (Å²) in [6.45, 7) is 3.89. The Morgan fingerprint density at radius 1 is 0.784 bits per heavy atom. The van der Waals surface area contributed by atoms with E-state index in [-0.39, 0.29) is 5.78 Å². The first-order valence-corrected chi connectivity index (χ1v) is 12.9. The molecule has 0 N–H and O–H groups in total. The van der Waals surface area contributed by atoms with Crippen LogP contribution in [0.25, 0.3) is 21.9 Å². The van der Waals surface area contributed by atoms with Crippen LogP contribution in [0.3, 0.4) is 0 Å². The van der Waals surface area contributed by atoms with Gasteiger partial charge in [-0.2, -0.15) is 0 Å². The topological polar surface area (TPSA) is 48.0 Å². The Balaban J connectivity index is 1.46. The second kappa shape index (κ2) is 11.5. The summed E-state index contributed by atoms with van der Waals surface area (Å²) in [6, 6.07) is 25.1. The van der Waals surface area contributed by atoms with E-state index < -0.39 is 0 Å². The number of fused-ring (bicyclic) bond motifs is 1. The van der Waals surface area contributed by atoms with Crippen LogP contribution in [0.2, 0.25) is 0 Å². The van der Waals surface area contributed by atoms with Crippen molar-refractivity contribution in [2.24, 2.45) is 0 Å². The number of ether oxygens (including phenoxy) is 3. The molecule has 5 rings (SSSR count). The quantitative estimate of drug-likeness (QED) is 0.244. The van der Waals surface area contributed by atoms with Crippen LogP contribution in [0.5, 0.6) is 17.2 Å². The molecule has 0 aromatic heterocycles. The van der Waals surface area contributed by atoms with Gasteiger partial charge in [-0.25, -0.2) is 0 Å². The molecule has 0 aliphatic carbocycles. The van der Waals surface area contributed by atoms with Gasteiger partial charge in [0.05, 0.1) is 14.2 Å². The number of piperidine rings is 1. The molecule has 1 saturated heterocycles. The lowest BCUT2D eigenvalue weighted by atomic mass is 9.89. The average Bonchev–Trinajstić information content (AvgIpc) is 2.96. The molecule has 5 nitrogen and oxygen atoms in total. The number of nitrogens with zero attached hydrogens (tertiary/aromatic N) is 1. The highest BCUT2D eigenvalue weighted by atomic mass is 16.5. The molecule has 1 fully saturated rings. The van der Waals surface area contributed by atoms with Crippen molar-refractivity contribution in [2.45, 2.75) is 19.3 Å². The molecule has 37 heavy (non-hydrogen) atoms. The standard InChI is InChI=1S/C32H33NO4/c1-35-26-15-17-27-24(22-26)12-16-29(28-8-4-5-9-30(28)36-2)31(27)32(34)23-10-13-25(14-11-23)37-21-20-33-18-6-3-7-19-33/h4-5,8-17,22H,3,6-7,18-21H2,1-2H3. The number of likely N-dealkylation sites (tertiary alicyclic amines) is 1. The number of hydrogen-bond donors (Lipinski definition) is 0. The van der Waals surface area contributed by atoms with Crippen molar-refractivity contribution >= 4 is 16.6 Å². The fourth-order valence-electron chi connectivity index (χ4n) is 5.09. The molecule has 1 heterocycles. The predicted molar refractivity (Wildman–Crippen MR) is 148 cm³/mol. The van der Waals surface area contributed by atoms with E-state index in [4.69, 9.17) is 14.2 Å². The van der Waals surface area contributed by atoms with Gasteiger partial charge in [0.2, 0.25) is 0 Å². The number of para-hydroxylation sites is 1. The minimum atomic E-state index is -0.0449. The molecule has 1 aliphatic heterocycles. The lowest BCUT2D eigenvalue weighted by Gasteiger charge is -2.26. The largest absolute Gasteiger partial charge is 0.497 e. The summed E-state index contributed by atoms with van der Waals surface area (Å²) in [7, 11) is 3.29. The summed E-state index contributed by atoms with van der Waals surface area (Å²) in [5, 5.41) is 1.81. The van der Waals surface area contributed by atoms with E-state index in [1.165, 1.54) is 19.3 Å². The first-order valence-electron chi connectivity index (χ1n) is 12.9. The van der Waals surface area contributed by atoms with Crippen LogP contribution >= 0.6 is 0 Å². The zero-order valence-electron chi connectivity index (χ0n) is 21.5. The summed E-state index contributed by atoms with van der Waals surface area (Å²) >= 11 is 0. The maximum absolute atomic E-state index is 14.0. The van der Waals surface area contributed by atoms with Crippen LogP contribution in [0.1, 0.15) is 35.2 Å². The molecule has 0 amide bonds. The monoisotopic (exact) mass is 495 g/mol.